The van der Waals surface area contributed by atoms with Gasteiger partial charge < -0.3 is 14.2 Å². The monoisotopic (exact) mass is 156 g/mol. The fraction of sp³-hybridized carbons (Fsp3) is 1.00. The maximum absolute atomic E-state index is 5.56. The summed E-state index contributed by atoms with van der Waals surface area (Å²) < 4.78 is 15.4. The second kappa shape index (κ2) is 4.09. The molecule has 1 saturated heterocycles. The molecule has 0 aromatic rings. The molecule has 3 nitrogen and oxygen atoms in total. The van der Waals surface area contributed by atoms with Crippen LogP contribution in [-0.2, 0) is 14.2 Å². The second-order valence-electron chi connectivity index (χ2n) is 2.68. The fourth-order valence-corrected chi connectivity index (χ4v) is 1.31. The van der Waals surface area contributed by atoms with Crippen LogP contribution in [0.3, 0.4) is 0 Å². The summed E-state index contributed by atoms with van der Waals surface area (Å²) in [6, 6.07) is -0.194. The topological polar surface area (TPSA) is 27.7 Å². The molecule has 1 fully saturated rings. The maximum atomic E-state index is 5.56. The van der Waals surface area contributed by atoms with Crippen LogP contribution in [0, 0.1) is 0 Å². The summed E-state index contributed by atoms with van der Waals surface area (Å²) in [6.07, 6.45) is 0.842. The normalized spacial score (nSPS) is 37.8. The number of methoxy groups -OCH3 is 2. The van der Waals surface area contributed by atoms with Crippen molar-refractivity contribution in [3.8, 4) is 0 Å². The molecule has 0 spiro atoms. The molecule has 1 aliphatic rings. The van der Waals surface area contributed by atoms with Crippen molar-refractivity contribution < 1.29 is 14.2 Å². The average molecular weight is 156 g/mol. The van der Waals surface area contributed by atoms with Gasteiger partial charge >= 0.3 is 0 Å². The SMILES string of the molecule is [B][C@@H]1C[C@@H](OC)[C@@H](COC)O1. The Morgan fingerprint density at radius 3 is 2.82 bits per heavy atom. The Labute approximate surface area is 68.4 Å². The van der Waals surface area contributed by atoms with E-state index >= 15 is 0 Å². The van der Waals surface area contributed by atoms with Crippen molar-refractivity contribution in [2.24, 2.45) is 0 Å². The molecule has 1 rings (SSSR count). The summed E-state index contributed by atoms with van der Waals surface area (Å²) >= 11 is 0. The van der Waals surface area contributed by atoms with E-state index in [1.807, 2.05) is 0 Å². The minimum Gasteiger partial charge on any atom is -0.382 e. The Morgan fingerprint density at radius 2 is 2.27 bits per heavy atom. The average Bonchev–Trinajstić information content (AvgIpc) is 2.32. The summed E-state index contributed by atoms with van der Waals surface area (Å²) in [5, 5.41) is 0. The van der Waals surface area contributed by atoms with Gasteiger partial charge in [-0.05, 0) is 6.42 Å². The van der Waals surface area contributed by atoms with E-state index in [9.17, 15) is 0 Å². The Hall–Kier alpha value is -0.0551. The van der Waals surface area contributed by atoms with Crippen LogP contribution in [0.5, 0.6) is 0 Å². The summed E-state index contributed by atoms with van der Waals surface area (Å²) in [5.41, 5.74) is 0. The molecule has 4 heteroatoms. The fourth-order valence-electron chi connectivity index (χ4n) is 1.31. The standard InChI is InChI=1S/C7H13BO3/c1-9-4-6-5(10-2)3-7(8)11-6/h5-7H,3-4H2,1-2H3/t5-,6-,7+/m1/s1. The zero-order valence-electron chi connectivity index (χ0n) is 6.95. The van der Waals surface area contributed by atoms with Crippen LogP contribution in [-0.4, -0.2) is 46.9 Å². The number of rotatable bonds is 3. The lowest BCUT2D eigenvalue weighted by Crippen LogP contribution is -2.27. The van der Waals surface area contributed by atoms with Crippen molar-refractivity contribution in [1.29, 1.82) is 0 Å². The van der Waals surface area contributed by atoms with Gasteiger partial charge in [0.25, 0.3) is 0 Å². The predicted octanol–water partition coefficient (Wildman–Crippen LogP) is -0.0687. The van der Waals surface area contributed by atoms with Gasteiger partial charge in [0, 0.05) is 20.2 Å². The van der Waals surface area contributed by atoms with Crippen molar-refractivity contribution >= 4 is 7.85 Å². The first kappa shape index (κ1) is 9.04. The molecule has 0 aliphatic carbocycles. The Kier molecular flexibility index (Phi) is 3.36. The number of hydrogen-bond donors (Lipinski definition) is 0. The first-order valence-electron chi connectivity index (χ1n) is 3.70. The number of hydrogen-bond acceptors (Lipinski definition) is 3. The second-order valence-corrected chi connectivity index (χ2v) is 2.68. The molecule has 62 valence electrons. The van der Waals surface area contributed by atoms with Gasteiger partial charge in [0.2, 0.25) is 0 Å². The highest BCUT2D eigenvalue weighted by Gasteiger charge is 2.32. The first-order chi connectivity index (χ1) is 5.27. The highest BCUT2D eigenvalue weighted by molar-refractivity contribution is 6.11. The van der Waals surface area contributed by atoms with E-state index in [2.05, 4.69) is 0 Å². The predicted molar refractivity (Wildman–Crippen MR) is 41.7 cm³/mol. The minimum absolute atomic E-state index is 0.000000000000000222. The zero-order chi connectivity index (χ0) is 8.27. The van der Waals surface area contributed by atoms with Crippen LogP contribution in [0.15, 0.2) is 0 Å². The van der Waals surface area contributed by atoms with Crippen LogP contribution >= 0.6 is 0 Å². The van der Waals surface area contributed by atoms with E-state index in [0.717, 1.165) is 6.42 Å². The smallest absolute Gasteiger partial charge is 0.109 e. The molecule has 2 radical (unpaired) electrons. The van der Waals surface area contributed by atoms with Gasteiger partial charge in [0.05, 0.1) is 12.7 Å². The summed E-state index contributed by atoms with van der Waals surface area (Å²) in [6.45, 7) is 0.548. The molecule has 0 aromatic heterocycles. The van der Waals surface area contributed by atoms with Gasteiger partial charge in [-0.15, -0.1) is 0 Å². The van der Waals surface area contributed by atoms with Crippen molar-refractivity contribution in [1.82, 2.24) is 0 Å². The van der Waals surface area contributed by atoms with Gasteiger partial charge in [-0.3, -0.25) is 0 Å². The summed E-state index contributed by atoms with van der Waals surface area (Å²) in [4.78, 5) is 0. The van der Waals surface area contributed by atoms with Crippen molar-refractivity contribution in [3.05, 3.63) is 0 Å². The van der Waals surface area contributed by atoms with Crippen LogP contribution in [0.1, 0.15) is 6.42 Å². The van der Waals surface area contributed by atoms with Gasteiger partial charge in [0.15, 0.2) is 0 Å². The van der Waals surface area contributed by atoms with Gasteiger partial charge in [-0.25, -0.2) is 0 Å². The molecule has 0 saturated carbocycles. The molecule has 3 atom stereocenters. The third kappa shape index (κ3) is 2.19. The van der Waals surface area contributed by atoms with Crippen molar-refractivity contribution in [2.75, 3.05) is 20.8 Å². The lowest BCUT2D eigenvalue weighted by molar-refractivity contribution is -0.0315. The molecule has 1 aliphatic heterocycles. The zero-order valence-corrected chi connectivity index (χ0v) is 6.95. The van der Waals surface area contributed by atoms with Crippen LogP contribution in [0.4, 0.5) is 0 Å². The lowest BCUT2D eigenvalue weighted by Gasteiger charge is -2.15. The van der Waals surface area contributed by atoms with E-state index in [0.29, 0.717) is 6.61 Å². The van der Waals surface area contributed by atoms with E-state index in [-0.39, 0.29) is 18.2 Å². The van der Waals surface area contributed by atoms with E-state index in [1.165, 1.54) is 0 Å². The Balaban J connectivity index is 2.37. The molecule has 11 heavy (non-hydrogen) atoms. The molecule has 0 aromatic carbocycles. The molecule has 0 amide bonds. The van der Waals surface area contributed by atoms with Crippen LogP contribution < -0.4 is 0 Å². The molecule has 0 N–H and O–H groups in total. The largest absolute Gasteiger partial charge is 0.382 e. The van der Waals surface area contributed by atoms with Gasteiger partial charge in [-0.1, -0.05) is 0 Å². The molecule has 1 heterocycles. The third-order valence-corrected chi connectivity index (χ3v) is 1.86. The third-order valence-electron chi connectivity index (χ3n) is 1.86. The molecule has 0 unspecified atom stereocenters. The number of ether oxygens (including phenoxy) is 3. The van der Waals surface area contributed by atoms with Gasteiger partial charge in [0.1, 0.15) is 14.0 Å². The molecular weight excluding hydrogens is 143 g/mol. The maximum Gasteiger partial charge on any atom is 0.109 e. The minimum atomic E-state index is -0.194. The van der Waals surface area contributed by atoms with E-state index < -0.39 is 0 Å². The highest BCUT2D eigenvalue weighted by atomic mass is 16.6. The molecule has 0 bridgehead atoms. The first-order valence-corrected chi connectivity index (χ1v) is 3.70. The molecular formula is C7H13BO3. The summed E-state index contributed by atoms with van der Waals surface area (Å²) in [7, 11) is 8.86. The van der Waals surface area contributed by atoms with Crippen molar-refractivity contribution in [2.45, 2.75) is 24.6 Å². The Bertz CT molecular complexity index is 120. The van der Waals surface area contributed by atoms with E-state index in [1.54, 1.807) is 14.2 Å². The summed E-state index contributed by atoms with van der Waals surface area (Å²) in [5.74, 6) is 0. The Morgan fingerprint density at radius 1 is 1.55 bits per heavy atom. The quantitative estimate of drug-likeness (QED) is 0.535. The lowest BCUT2D eigenvalue weighted by atomic mass is 9.96. The van der Waals surface area contributed by atoms with Crippen molar-refractivity contribution in [3.63, 3.8) is 0 Å². The van der Waals surface area contributed by atoms with Crippen LogP contribution in [0.2, 0.25) is 0 Å². The van der Waals surface area contributed by atoms with Crippen LogP contribution in [0.25, 0.3) is 0 Å². The van der Waals surface area contributed by atoms with E-state index in [4.69, 9.17) is 22.1 Å². The highest BCUT2D eigenvalue weighted by Crippen LogP contribution is 2.20. The van der Waals surface area contributed by atoms with Gasteiger partial charge in [-0.2, -0.15) is 0 Å².